The average molecular weight is 527 g/mol. The molecule has 3 aromatic carbocycles. The number of hydrogen-bond acceptors (Lipinski definition) is 7. The number of carbonyl (C=O) groups excluding carboxylic acids is 2. The number of allylic oxidation sites excluding steroid dienone is 1. The minimum atomic E-state index is -1.66. The molecule has 1 saturated heterocycles. The highest BCUT2D eigenvalue weighted by molar-refractivity contribution is 6.11. The summed E-state index contributed by atoms with van der Waals surface area (Å²) in [4.78, 5) is 25.7. The maximum atomic E-state index is 13.1. The maximum absolute atomic E-state index is 13.1. The van der Waals surface area contributed by atoms with E-state index in [4.69, 9.17) is 9.47 Å². The number of carbonyl (C=O) groups is 2. The van der Waals surface area contributed by atoms with Crippen LogP contribution >= 0.6 is 0 Å². The Bertz CT molecular complexity index is 1410. The molecule has 0 saturated carbocycles. The fraction of sp³-hybridized carbons (Fsp3) is 0.250. The van der Waals surface area contributed by atoms with Gasteiger partial charge in [-0.15, -0.1) is 0 Å². The van der Waals surface area contributed by atoms with Gasteiger partial charge in [0.15, 0.2) is 11.6 Å². The Morgan fingerprint density at radius 2 is 1.64 bits per heavy atom. The van der Waals surface area contributed by atoms with Crippen LogP contribution in [-0.2, 0) is 9.53 Å². The van der Waals surface area contributed by atoms with E-state index in [0.29, 0.717) is 19.3 Å². The molecule has 0 aliphatic carbocycles. The van der Waals surface area contributed by atoms with Crippen LogP contribution in [0.1, 0.15) is 65.1 Å². The Balaban J connectivity index is 1.54. The maximum Gasteiger partial charge on any atom is 0.311 e. The number of benzene rings is 3. The lowest BCUT2D eigenvalue weighted by molar-refractivity contribution is -0.227. The minimum Gasteiger partial charge on any atom is -0.507 e. The Kier molecular flexibility index (Phi) is 7.63. The SMILES string of the molecule is O=C1CCC[C@@H]2C[C@H](C[C@](O)(/C=C\c3ccccc3)O2)c2c(cc(O)c(C(=O)/C=C/c3ccccc3)c2O)O1. The second-order valence-corrected chi connectivity index (χ2v) is 9.97. The van der Waals surface area contributed by atoms with E-state index < -0.39 is 41.1 Å². The summed E-state index contributed by atoms with van der Waals surface area (Å²) in [6, 6.07) is 19.9. The van der Waals surface area contributed by atoms with Crippen LogP contribution in [0.4, 0.5) is 0 Å². The largest absolute Gasteiger partial charge is 0.507 e. The molecule has 2 heterocycles. The van der Waals surface area contributed by atoms with Crippen molar-refractivity contribution in [1.29, 1.82) is 0 Å². The van der Waals surface area contributed by atoms with Crippen LogP contribution in [0.3, 0.4) is 0 Å². The number of esters is 1. The Hall–Kier alpha value is -4.20. The van der Waals surface area contributed by atoms with Crippen LogP contribution in [0.2, 0.25) is 0 Å². The molecule has 0 unspecified atom stereocenters. The molecule has 5 rings (SSSR count). The van der Waals surface area contributed by atoms with Crippen LogP contribution in [0.5, 0.6) is 17.2 Å². The standard InChI is InChI=1S/C32H30O7/c33-25(15-14-21-8-3-1-4-9-21)30-26(34)19-27-29(31(30)36)23-18-24(12-7-13-28(35)38-27)39-32(37,20-23)17-16-22-10-5-2-6-11-22/h1-6,8-11,14-17,19,23-24,34,36-37H,7,12-13,18,20H2/b15-14+,17-16-/t23-,24-,32+/m1/s1. The normalized spacial score (nSPS) is 23.4. The molecule has 3 N–H and O–H groups in total. The third kappa shape index (κ3) is 6.11. The zero-order valence-electron chi connectivity index (χ0n) is 21.3. The van der Waals surface area contributed by atoms with Crippen LogP contribution < -0.4 is 4.74 Å². The first-order valence-electron chi connectivity index (χ1n) is 13.0. The summed E-state index contributed by atoms with van der Waals surface area (Å²) in [5.41, 5.74) is 1.56. The summed E-state index contributed by atoms with van der Waals surface area (Å²) in [6.45, 7) is 0. The lowest BCUT2D eigenvalue weighted by atomic mass is 9.80. The molecular weight excluding hydrogens is 496 g/mol. The number of hydrogen-bond donors (Lipinski definition) is 3. The van der Waals surface area contributed by atoms with Gasteiger partial charge in [-0.2, -0.15) is 0 Å². The molecule has 0 spiro atoms. The first kappa shape index (κ1) is 26.4. The first-order valence-corrected chi connectivity index (χ1v) is 13.0. The van der Waals surface area contributed by atoms with Crippen molar-refractivity contribution < 1.29 is 34.4 Å². The molecule has 1 fully saturated rings. The molecule has 0 radical (unpaired) electrons. The lowest BCUT2D eigenvalue weighted by Crippen LogP contribution is -2.42. The number of aromatic hydroxyl groups is 2. The predicted molar refractivity (Wildman–Crippen MR) is 146 cm³/mol. The van der Waals surface area contributed by atoms with Crippen molar-refractivity contribution >= 4 is 23.9 Å². The van der Waals surface area contributed by atoms with Gasteiger partial charge in [0.25, 0.3) is 0 Å². The van der Waals surface area contributed by atoms with Crippen molar-refractivity contribution in [1.82, 2.24) is 0 Å². The molecular formula is C32H30O7. The summed E-state index contributed by atoms with van der Waals surface area (Å²) in [7, 11) is 0. The van der Waals surface area contributed by atoms with E-state index in [-0.39, 0.29) is 29.7 Å². The van der Waals surface area contributed by atoms with Gasteiger partial charge in [0.05, 0.1) is 6.10 Å². The monoisotopic (exact) mass is 526 g/mol. The molecule has 2 aliphatic heterocycles. The predicted octanol–water partition coefficient (Wildman–Crippen LogP) is 5.75. The van der Waals surface area contributed by atoms with E-state index in [9.17, 15) is 24.9 Å². The van der Waals surface area contributed by atoms with E-state index in [1.54, 1.807) is 18.2 Å². The molecule has 0 amide bonds. The van der Waals surface area contributed by atoms with Gasteiger partial charge in [0.1, 0.15) is 22.8 Å². The van der Waals surface area contributed by atoms with Crippen LogP contribution in [0.15, 0.2) is 78.9 Å². The smallest absolute Gasteiger partial charge is 0.311 e. The Labute approximate surface area is 226 Å². The fourth-order valence-electron chi connectivity index (χ4n) is 5.27. The topological polar surface area (TPSA) is 113 Å². The number of phenols is 2. The summed E-state index contributed by atoms with van der Waals surface area (Å²) in [5, 5.41) is 33.6. The first-order chi connectivity index (χ1) is 18.8. The van der Waals surface area contributed by atoms with Crippen molar-refractivity contribution in [3.05, 3.63) is 101 Å². The van der Waals surface area contributed by atoms with Gasteiger partial charge in [-0.25, -0.2) is 0 Å². The van der Waals surface area contributed by atoms with E-state index in [2.05, 4.69) is 0 Å². The highest BCUT2D eigenvalue weighted by atomic mass is 16.6. The second-order valence-electron chi connectivity index (χ2n) is 9.97. The van der Waals surface area contributed by atoms with E-state index >= 15 is 0 Å². The van der Waals surface area contributed by atoms with Crippen molar-refractivity contribution in [3.8, 4) is 17.2 Å². The number of ketones is 1. The van der Waals surface area contributed by atoms with Gasteiger partial charge >= 0.3 is 5.97 Å². The van der Waals surface area contributed by atoms with Gasteiger partial charge in [-0.1, -0.05) is 72.8 Å². The number of ether oxygens (including phenoxy) is 2. The van der Waals surface area contributed by atoms with Crippen LogP contribution in [0, 0.1) is 0 Å². The third-order valence-electron chi connectivity index (χ3n) is 7.09. The van der Waals surface area contributed by atoms with Crippen LogP contribution in [-0.4, -0.2) is 39.0 Å². The number of rotatable bonds is 5. The highest BCUT2D eigenvalue weighted by Gasteiger charge is 2.42. The van der Waals surface area contributed by atoms with E-state index in [1.807, 2.05) is 60.7 Å². The summed E-state index contributed by atoms with van der Waals surface area (Å²) < 4.78 is 11.6. The minimum absolute atomic E-state index is 0.0273. The fourth-order valence-corrected chi connectivity index (χ4v) is 5.27. The second kappa shape index (κ2) is 11.3. The molecule has 3 aromatic rings. The lowest BCUT2D eigenvalue weighted by Gasteiger charge is -2.41. The van der Waals surface area contributed by atoms with E-state index in [1.165, 1.54) is 12.1 Å². The highest BCUT2D eigenvalue weighted by Crippen LogP contribution is 2.50. The molecule has 0 aromatic heterocycles. The molecule has 39 heavy (non-hydrogen) atoms. The molecule has 7 heteroatoms. The van der Waals surface area contributed by atoms with Gasteiger partial charge < -0.3 is 24.8 Å². The van der Waals surface area contributed by atoms with Gasteiger partial charge in [-0.05, 0) is 48.5 Å². The summed E-state index contributed by atoms with van der Waals surface area (Å²) in [6.07, 6.45) is 7.38. The van der Waals surface area contributed by atoms with Crippen molar-refractivity contribution in [2.24, 2.45) is 0 Å². The van der Waals surface area contributed by atoms with E-state index in [0.717, 1.165) is 11.1 Å². The molecule has 3 atom stereocenters. The molecule has 2 aliphatic rings. The average Bonchev–Trinajstić information content (AvgIpc) is 2.91. The van der Waals surface area contributed by atoms with Crippen molar-refractivity contribution in [2.75, 3.05) is 0 Å². The Morgan fingerprint density at radius 3 is 2.33 bits per heavy atom. The summed E-state index contributed by atoms with van der Waals surface area (Å²) in [5.74, 6) is -4.31. The third-order valence-corrected chi connectivity index (χ3v) is 7.09. The molecule has 2 bridgehead atoms. The van der Waals surface area contributed by atoms with Crippen molar-refractivity contribution in [2.45, 2.75) is 49.9 Å². The zero-order chi connectivity index (χ0) is 27.4. The number of fused-ring (bicyclic) bond motifs is 4. The van der Waals surface area contributed by atoms with Gasteiger partial charge in [0, 0.05) is 24.5 Å². The summed E-state index contributed by atoms with van der Waals surface area (Å²) >= 11 is 0. The van der Waals surface area contributed by atoms with Crippen LogP contribution in [0.25, 0.3) is 12.2 Å². The quantitative estimate of drug-likeness (QED) is 0.168. The molecule has 200 valence electrons. The van der Waals surface area contributed by atoms with Gasteiger partial charge in [0.2, 0.25) is 0 Å². The zero-order valence-corrected chi connectivity index (χ0v) is 21.3. The number of aliphatic hydroxyl groups is 1. The van der Waals surface area contributed by atoms with Gasteiger partial charge in [-0.3, -0.25) is 9.59 Å². The molecule has 7 nitrogen and oxygen atoms in total. The Morgan fingerprint density at radius 1 is 0.974 bits per heavy atom. The number of phenolic OH excluding ortho intramolecular Hbond substituents is 2. The van der Waals surface area contributed by atoms with Crippen molar-refractivity contribution in [3.63, 3.8) is 0 Å².